The smallest absolute Gasteiger partial charge is 0.263 e. The molecular formula is C23H19N3O2S. The number of aromatic nitrogens is 2. The number of amides is 1. The fraction of sp³-hybridized carbons (Fsp3) is 0.174. The summed E-state index contributed by atoms with van der Waals surface area (Å²) in [4.78, 5) is 33.0. The van der Waals surface area contributed by atoms with E-state index in [0.717, 1.165) is 17.5 Å². The Balaban J connectivity index is 1.45. The Morgan fingerprint density at radius 2 is 1.79 bits per heavy atom. The van der Waals surface area contributed by atoms with Crippen molar-refractivity contribution in [2.24, 2.45) is 0 Å². The van der Waals surface area contributed by atoms with Gasteiger partial charge < -0.3 is 4.90 Å². The second-order valence-corrected chi connectivity index (χ2v) is 8.07. The molecule has 0 saturated carbocycles. The molecule has 1 aliphatic heterocycles. The van der Waals surface area contributed by atoms with Crippen LogP contribution in [0.3, 0.4) is 0 Å². The molecule has 5 rings (SSSR count). The molecule has 2 aromatic carbocycles. The summed E-state index contributed by atoms with van der Waals surface area (Å²) in [5.41, 5.74) is 4.16. The summed E-state index contributed by atoms with van der Waals surface area (Å²) in [7, 11) is 0. The third-order valence-electron chi connectivity index (χ3n) is 5.43. The highest BCUT2D eigenvalue weighted by atomic mass is 32.1. The summed E-state index contributed by atoms with van der Waals surface area (Å²) in [5.74, 6) is -0.0563. The summed E-state index contributed by atoms with van der Waals surface area (Å²) < 4.78 is 1.43. The maximum absolute atomic E-state index is 13.2. The molecule has 0 aliphatic carbocycles. The van der Waals surface area contributed by atoms with Crippen LogP contribution in [-0.4, -0.2) is 26.9 Å². The predicted octanol–water partition coefficient (Wildman–Crippen LogP) is 3.71. The second kappa shape index (κ2) is 7.29. The highest BCUT2D eigenvalue weighted by Gasteiger charge is 2.22. The molecule has 0 N–H and O–H groups in total. The van der Waals surface area contributed by atoms with Gasteiger partial charge in [-0.25, -0.2) is 4.98 Å². The van der Waals surface area contributed by atoms with E-state index in [1.807, 2.05) is 52.7 Å². The number of fused-ring (bicyclic) bond motifs is 2. The third kappa shape index (κ3) is 3.25. The predicted molar refractivity (Wildman–Crippen MR) is 115 cm³/mol. The zero-order valence-corrected chi connectivity index (χ0v) is 16.6. The normalized spacial score (nSPS) is 13.4. The molecule has 1 amide bonds. The SMILES string of the molecule is O=C(Cn1cnc2scc(-c3ccccc3)c2c1=O)N1CCc2ccccc2C1. The molecule has 2 aromatic heterocycles. The van der Waals surface area contributed by atoms with Gasteiger partial charge in [0.1, 0.15) is 11.4 Å². The Labute approximate surface area is 171 Å². The zero-order chi connectivity index (χ0) is 19.8. The van der Waals surface area contributed by atoms with Crippen LogP contribution in [0.2, 0.25) is 0 Å². The molecule has 29 heavy (non-hydrogen) atoms. The van der Waals surface area contributed by atoms with Gasteiger partial charge in [0, 0.05) is 24.0 Å². The average Bonchev–Trinajstić information content (AvgIpc) is 3.21. The summed E-state index contributed by atoms with van der Waals surface area (Å²) in [6.45, 7) is 1.27. The van der Waals surface area contributed by atoms with E-state index in [9.17, 15) is 9.59 Å². The van der Waals surface area contributed by atoms with Gasteiger partial charge in [-0.3, -0.25) is 14.2 Å². The maximum atomic E-state index is 13.2. The lowest BCUT2D eigenvalue weighted by molar-refractivity contribution is -0.132. The minimum Gasteiger partial charge on any atom is -0.336 e. The highest BCUT2D eigenvalue weighted by molar-refractivity contribution is 7.17. The van der Waals surface area contributed by atoms with Crippen LogP contribution in [-0.2, 0) is 24.3 Å². The number of benzene rings is 2. The first-order chi connectivity index (χ1) is 14.2. The lowest BCUT2D eigenvalue weighted by Crippen LogP contribution is -2.39. The van der Waals surface area contributed by atoms with Crippen molar-refractivity contribution >= 4 is 27.5 Å². The number of carbonyl (C=O) groups excluding carboxylic acids is 1. The molecule has 0 spiro atoms. The van der Waals surface area contributed by atoms with Crippen LogP contribution in [0.25, 0.3) is 21.3 Å². The minimum atomic E-state index is -0.166. The molecule has 5 nitrogen and oxygen atoms in total. The average molecular weight is 401 g/mol. The standard InChI is InChI=1S/C23H19N3O2S/c27-20(25-11-10-16-6-4-5-9-18(16)12-25)13-26-15-24-22-21(23(26)28)19(14-29-22)17-7-2-1-3-8-17/h1-9,14-15H,10-13H2. The van der Waals surface area contributed by atoms with Gasteiger partial charge in [-0.15, -0.1) is 11.3 Å². The molecule has 0 radical (unpaired) electrons. The molecule has 0 fully saturated rings. The van der Waals surface area contributed by atoms with Crippen LogP contribution in [0.1, 0.15) is 11.1 Å². The van der Waals surface area contributed by atoms with Gasteiger partial charge >= 0.3 is 0 Å². The molecule has 0 atom stereocenters. The van der Waals surface area contributed by atoms with E-state index in [0.29, 0.717) is 23.3 Å². The van der Waals surface area contributed by atoms with E-state index in [1.165, 1.54) is 33.4 Å². The topological polar surface area (TPSA) is 55.2 Å². The highest BCUT2D eigenvalue weighted by Crippen LogP contribution is 2.30. The van der Waals surface area contributed by atoms with Crippen LogP contribution in [0.15, 0.2) is 71.1 Å². The van der Waals surface area contributed by atoms with Crippen molar-refractivity contribution < 1.29 is 4.79 Å². The molecule has 4 aromatic rings. The first-order valence-corrected chi connectivity index (χ1v) is 10.5. The maximum Gasteiger partial charge on any atom is 0.263 e. The summed E-state index contributed by atoms with van der Waals surface area (Å²) in [6.07, 6.45) is 2.34. The molecule has 0 saturated heterocycles. The quantitative estimate of drug-likeness (QED) is 0.526. The summed E-state index contributed by atoms with van der Waals surface area (Å²) in [5, 5.41) is 2.54. The second-order valence-electron chi connectivity index (χ2n) is 7.21. The zero-order valence-electron chi connectivity index (χ0n) is 15.7. The van der Waals surface area contributed by atoms with E-state index in [1.54, 1.807) is 0 Å². The Morgan fingerprint density at radius 1 is 1.03 bits per heavy atom. The lowest BCUT2D eigenvalue weighted by Gasteiger charge is -2.29. The van der Waals surface area contributed by atoms with Gasteiger partial charge in [-0.1, -0.05) is 54.6 Å². The first-order valence-electron chi connectivity index (χ1n) is 9.57. The van der Waals surface area contributed by atoms with E-state index < -0.39 is 0 Å². The Kier molecular flexibility index (Phi) is 4.48. The number of thiophene rings is 1. The fourth-order valence-electron chi connectivity index (χ4n) is 3.86. The van der Waals surface area contributed by atoms with Gasteiger partial charge in [0.05, 0.1) is 11.7 Å². The van der Waals surface area contributed by atoms with Crippen LogP contribution in [0.4, 0.5) is 0 Å². The summed E-state index contributed by atoms with van der Waals surface area (Å²) >= 11 is 1.45. The van der Waals surface area contributed by atoms with Gasteiger partial charge in [0.2, 0.25) is 5.91 Å². The summed E-state index contributed by atoms with van der Waals surface area (Å²) in [6, 6.07) is 18.0. The first kappa shape index (κ1) is 17.8. The van der Waals surface area contributed by atoms with Gasteiger partial charge in [0.25, 0.3) is 5.56 Å². The molecule has 3 heterocycles. The van der Waals surface area contributed by atoms with E-state index in [4.69, 9.17) is 0 Å². The Bertz CT molecular complexity index is 1260. The van der Waals surface area contributed by atoms with Crippen molar-refractivity contribution in [2.75, 3.05) is 6.54 Å². The number of rotatable bonds is 3. The Morgan fingerprint density at radius 3 is 2.62 bits per heavy atom. The molecular weight excluding hydrogens is 382 g/mol. The van der Waals surface area contributed by atoms with E-state index in [-0.39, 0.29) is 18.0 Å². The van der Waals surface area contributed by atoms with Crippen molar-refractivity contribution in [1.82, 2.24) is 14.5 Å². The van der Waals surface area contributed by atoms with Crippen molar-refractivity contribution in [1.29, 1.82) is 0 Å². The van der Waals surface area contributed by atoms with Crippen LogP contribution < -0.4 is 5.56 Å². The minimum absolute atomic E-state index is 0.00795. The molecule has 1 aliphatic rings. The van der Waals surface area contributed by atoms with Crippen molar-refractivity contribution in [3.8, 4) is 11.1 Å². The van der Waals surface area contributed by atoms with Gasteiger partial charge in [-0.2, -0.15) is 0 Å². The van der Waals surface area contributed by atoms with Crippen molar-refractivity contribution in [3.05, 3.63) is 87.8 Å². The van der Waals surface area contributed by atoms with Crippen LogP contribution in [0.5, 0.6) is 0 Å². The Hall–Kier alpha value is -3.25. The van der Waals surface area contributed by atoms with Crippen LogP contribution in [0, 0.1) is 0 Å². The largest absolute Gasteiger partial charge is 0.336 e. The van der Waals surface area contributed by atoms with E-state index in [2.05, 4.69) is 17.1 Å². The van der Waals surface area contributed by atoms with Crippen LogP contribution >= 0.6 is 11.3 Å². The number of hydrogen-bond acceptors (Lipinski definition) is 4. The number of nitrogens with zero attached hydrogens (tertiary/aromatic N) is 3. The monoisotopic (exact) mass is 401 g/mol. The molecule has 0 unspecified atom stereocenters. The fourth-order valence-corrected chi connectivity index (χ4v) is 4.77. The lowest BCUT2D eigenvalue weighted by atomic mass is 10.00. The number of carbonyl (C=O) groups is 1. The van der Waals surface area contributed by atoms with E-state index >= 15 is 0 Å². The molecule has 0 bridgehead atoms. The van der Waals surface area contributed by atoms with Crippen molar-refractivity contribution in [3.63, 3.8) is 0 Å². The number of hydrogen-bond donors (Lipinski definition) is 0. The molecule has 6 heteroatoms. The van der Waals surface area contributed by atoms with Gasteiger partial charge in [-0.05, 0) is 23.1 Å². The van der Waals surface area contributed by atoms with Gasteiger partial charge in [0.15, 0.2) is 0 Å². The third-order valence-corrected chi connectivity index (χ3v) is 6.32. The molecule has 144 valence electrons. The van der Waals surface area contributed by atoms with Crippen molar-refractivity contribution in [2.45, 2.75) is 19.5 Å².